The van der Waals surface area contributed by atoms with Crippen molar-refractivity contribution in [2.24, 2.45) is 0 Å². The minimum absolute atomic E-state index is 0.138. The molecule has 0 radical (unpaired) electrons. The van der Waals surface area contributed by atoms with Crippen LogP contribution in [0.4, 0.5) is 5.69 Å². The van der Waals surface area contributed by atoms with E-state index in [-0.39, 0.29) is 28.2 Å². The smallest absolute Gasteiger partial charge is 0.259 e. The summed E-state index contributed by atoms with van der Waals surface area (Å²) in [6.45, 7) is 12.6. The molecule has 8 heteroatoms. The Bertz CT molecular complexity index is 1450. The van der Waals surface area contributed by atoms with Crippen LogP contribution in [0.15, 0.2) is 48.7 Å². The topological polar surface area (TPSA) is 107 Å². The van der Waals surface area contributed by atoms with Crippen LogP contribution in [0, 0.1) is 18.3 Å². The molecule has 3 aromatic rings. The maximum atomic E-state index is 13.4. The molecule has 0 atom stereocenters. The first-order chi connectivity index (χ1) is 18.7. The van der Waals surface area contributed by atoms with Gasteiger partial charge in [-0.05, 0) is 81.7 Å². The number of amides is 2. The van der Waals surface area contributed by atoms with E-state index in [0.717, 1.165) is 22.4 Å². The van der Waals surface area contributed by atoms with Crippen LogP contribution < -0.4 is 15.4 Å². The zero-order valence-electron chi connectivity index (χ0n) is 24.9. The van der Waals surface area contributed by atoms with E-state index in [9.17, 15) is 14.9 Å². The molecule has 0 aliphatic heterocycles. The van der Waals surface area contributed by atoms with E-state index in [1.165, 1.54) is 7.11 Å². The van der Waals surface area contributed by atoms with Gasteiger partial charge in [0.1, 0.15) is 11.8 Å². The van der Waals surface area contributed by atoms with Crippen LogP contribution in [-0.2, 0) is 5.41 Å². The molecule has 0 fully saturated rings. The molecule has 40 heavy (non-hydrogen) atoms. The number of nitrogens with zero attached hydrogens (tertiary/aromatic N) is 3. The lowest BCUT2D eigenvalue weighted by Gasteiger charge is -2.32. The Morgan fingerprint density at radius 3 is 2.23 bits per heavy atom. The highest BCUT2D eigenvalue weighted by molar-refractivity contribution is 6.07. The Morgan fingerprint density at radius 1 is 1.02 bits per heavy atom. The average Bonchev–Trinajstić information content (AvgIpc) is 2.91. The number of nitriles is 1. The molecule has 0 aliphatic carbocycles. The highest BCUT2D eigenvalue weighted by Crippen LogP contribution is 2.32. The maximum absolute atomic E-state index is 13.4. The van der Waals surface area contributed by atoms with E-state index in [1.807, 2.05) is 60.0 Å². The second-order valence-electron chi connectivity index (χ2n) is 11.7. The summed E-state index contributed by atoms with van der Waals surface area (Å²) in [5, 5.41) is 15.6. The number of aryl methyl sites for hydroxylation is 1. The molecule has 0 saturated carbocycles. The van der Waals surface area contributed by atoms with Crippen molar-refractivity contribution in [3.05, 3.63) is 76.6 Å². The minimum atomic E-state index is -0.399. The van der Waals surface area contributed by atoms with Crippen molar-refractivity contribution in [1.29, 1.82) is 5.26 Å². The van der Waals surface area contributed by atoms with Crippen molar-refractivity contribution in [1.82, 2.24) is 15.2 Å². The lowest BCUT2D eigenvalue weighted by molar-refractivity contribution is 0.0919. The molecule has 2 aromatic carbocycles. The van der Waals surface area contributed by atoms with Crippen LogP contribution in [0.2, 0.25) is 0 Å². The van der Waals surface area contributed by atoms with Gasteiger partial charge in [0.15, 0.2) is 0 Å². The summed E-state index contributed by atoms with van der Waals surface area (Å²) in [7, 11) is 5.41. The molecule has 0 spiro atoms. The summed E-state index contributed by atoms with van der Waals surface area (Å²) in [5.74, 6) is -0.305. The quantitative estimate of drug-likeness (QED) is 0.387. The number of ether oxygens (including phenoxy) is 1. The van der Waals surface area contributed by atoms with E-state index < -0.39 is 5.91 Å². The third kappa shape index (κ3) is 6.85. The molecule has 2 amide bonds. The SMILES string of the molecule is COc1c(C#N)cc(C(C)(C)C)cc1C(=O)Nc1cnc(C)c(-c2ccc(C(=O)NCC(C)(C)N(C)C)cc2)c1. The number of likely N-dealkylation sites (N-methyl/N-ethyl adjacent to an activating group) is 1. The summed E-state index contributed by atoms with van der Waals surface area (Å²) >= 11 is 0. The molecule has 3 rings (SSSR count). The van der Waals surface area contributed by atoms with Gasteiger partial charge in [-0.3, -0.25) is 14.6 Å². The fourth-order valence-corrected chi connectivity index (χ4v) is 3.98. The van der Waals surface area contributed by atoms with E-state index in [2.05, 4.69) is 40.4 Å². The van der Waals surface area contributed by atoms with Gasteiger partial charge in [0.25, 0.3) is 11.8 Å². The van der Waals surface area contributed by atoms with Gasteiger partial charge in [-0.2, -0.15) is 5.26 Å². The van der Waals surface area contributed by atoms with Crippen LogP contribution in [0.1, 0.15) is 72.2 Å². The van der Waals surface area contributed by atoms with Crippen molar-refractivity contribution in [3.8, 4) is 22.9 Å². The second kappa shape index (κ2) is 11.9. The number of benzene rings is 2. The number of hydrogen-bond donors (Lipinski definition) is 2. The normalized spacial score (nSPS) is 11.6. The summed E-state index contributed by atoms with van der Waals surface area (Å²) in [6, 6.07) is 14.8. The highest BCUT2D eigenvalue weighted by Gasteiger charge is 2.24. The third-order valence-electron chi connectivity index (χ3n) is 7.22. The average molecular weight is 542 g/mol. The largest absolute Gasteiger partial charge is 0.495 e. The lowest BCUT2D eigenvalue weighted by Crippen LogP contribution is -2.48. The molecular formula is C32H39N5O3. The fourth-order valence-electron chi connectivity index (χ4n) is 3.98. The van der Waals surface area contributed by atoms with Gasteiger partial charge >= 0.3 is 0 Å². The number of hydrogen-bond acceptors (Lipinski definition) is 6. The Labute approximate surface area is 237 Å². The number of pyridine rings is 1. The summed E-state index contributed by atoms with van der Waals surface area (Å²) in [6.07, 6.45) is 1.59. The molecule has 0 bridgehead atoms. The van der Waals surface area contributed by atoms with Crippen LogP contribution in [0.25, 0.3) is 11.1 Å². The Morgan fingerprint density at radius 2 is 1.68 bits per heavy atom. The molecular weight excluding hydrogens is 502 g/mol. The van der Waals surface area contributed by atoms with Crippen molar-refractivity contribution in [2.75, 3.05) is 33.1 Å². The maximum Gasteiger partial charge on any atom is 0.259 e. The third-order valence-corrected chi connectivity index (χ3v) is 7.22. The number of anilines is 1. The van der Waals surface area contributed by atoms with Gasteiger partial charge in [-0.1, -0.05) is 32.9 Å². The summed E-state index contributed by atoms with van der Waals surface area (Å²) < 4.78 is 5.45. The predicted octanol–water partition coefficient (Wildman–Crippen LogP) is 5.56. The van der Waals surface area contributed by atoms with Crippen LogP contribution in [-0.4, -0.2) is 55.0 Å². The van der Waals surface area contributed by atoms with Gasteiger partial charge in [-0.25, -0.2) is 0 Å². The predicted molar refractivity (Wildman–Crippen MR) is 159 cm³/mol. The number of aromatic nitrogens is 1. The monoisotopic (exact) mass is 541 g/mol. The first-order valence-electron chi connectivity index (χ1n) is 13.1. The molecule has 0 unspecified atom stereocenters. The fraction of sp³-hybridized carbons (Fsp3) is 0.375. The number of nitrogens with one attached hydrogen (secondary N) is 2. The minimum Gasteiger partial charge on any atom is -0.495 e. The van der Waals surface area contributed by atoms with Crippen molar-refractivity contribution in [2.45, 2.75) is 52.5 Å². The number of methoxy groups -OCH3 is 1. The Balaban J connectivity index is 1.86. The molecule has 210 valence electrons. The van der Waals surface area contributed by atoms with Gasteiger partial charge in [0.2, 0.25) is 0 Å². The molecule has 8 nitrogen and oxygen atoms in total. The lowest BCUT2D eigenvalue weighted by atomic mass is 9.84. The molecule has 0 aliphatic rings. The van der Waals surface area contributed by atoms with Crippen molar-refractivity contribution in [3.63, 3.8) is 0 Å². The van der Waals surface area contributed by atoms with Gasteiger partial charge in [0, 0.05) is 28.9 Å². The molecule has 1 heterocycles. The van der Waals surface area contributed by atoms with E-state index in [4.69, 9.17) is 4.74 Å². The van der Waals surface area contributed by atoms with Crippen molar-refractivity contribution < 1.29 is 14.3 Å². The van der Waals surface area contributed by atoms with Crippen LogP contribution in [0.5, 0.6) is 5.75 Å². The van der Waals surface area contributed by atoms with E-state index in [1.54, 1.807) is 30.5 Å². The molecule has 2 N–H and O–H groups in total. The van der Waals surface area contributed by atoms with E-state index >= 15 is 0 Å². The van der Waals surface area contributed by atoms with Crippen molar-refractivity contribution >= 4 is 17.5 Å². The number of carbonyl (C=O) groups is 2. The standard InChI is InChI=1S/C32H39N5O3/c1-20-26(21-10-12-22(13-11-21)29(38)35-19-32(5,6)37(7)8)16-25(18-34-20)36-30(39)27-15-24(31(2,3)4)14-23(17-33)28(27)40-9/h10-16,18H,19H2,1-9H3,(H,35,38)(H,36,39). The summed E-state index contributed by atoms with van der Waals surface area (Å²) in [5.41, 5.74) is 4.53. The van der Waals surface area contributed by atoms with Gasteiger partial charge < -0.3 is 20.3 Å². The molecule has 0 saturated heterocycles. The highest BCUT2D eigenvalue weighted by atomic mass is 16.5. The Kier molecular flexibility index (Phi) is 9.01. The first kappa shape index (κ1) is 30.3. The second-order valence-corrected chi connectivity index (χ2v) is 11.7. The summed E-state index contributed by atoms with van der Waals surface area (Å²) in [4.78, 5) is 32.6. The number of carbonyl (C=O) groups excluding carboxylic acids is 2. The zero-order valence-corrected chi connectivity index (χ0v) is 24.9. The molecule has 1 aromatic heterocycles. The van der Waals surface area contributed by atoms with E-state index in [0.29, 0.717) is 23.4 Å². The zero-order chi connectivity index (χ0) is 29.8. The van der Waals surface area contributed by atoms with Gasteiger partial charge in [-0.15, -0.1) is 0 Å². The van der Waals surface area contributed by atoms with Gasteiger partial charge in [0.05, 0.1) is 30.1 Å². The van der Waals surface area contributed by atoms with Crippen LogP contribution in [0.3, 0.4) is 0 Å². The Hall–Kier alpha value is -4.22. The number of rotatable bonds is 8. The first-order valence-corrected chi connectivity index (χ1v) is 13.1. The van der Waals surface area contributed by atoms with Crippen LogP contribution >= 0.6 is 0 Å².